The minimum atomic E-state index is -0.504. The standard InChI is InChI=1S/C13H15N5O/c1-3-10-4-6-11(7-5-10)8-14-17-12-9(2)16-18-13(19)15-12/h4-8H,3H2,1-2H3,(H2,15,17,18,19). The lowest BCUT2D eigenvalue weighted by atomic mass is 10.1. The summed E-state index contributed by atoms with van der Waals surface area (Å²) in [4.78, 5) is 14.8. The third-order valence-corrected chi connectivity index (χ3v) is 2.65. The zero-order valence-corrected chi connectivity index (χ0v) is 10.8. The molecule has 2 rings (SSSR count). The zero-order valence-electron chi connectivity index (χ0n) is 10.8. The highest BCUT2D eigenvalue weighted by molar-refractivity contribution is 5.80. The average molecular weight is 257 g/mol. The van der Waals surface area contributed by atoms with E-state index in [0.29, 0.717) is 11.5 Å². The van der Waals surface area contributed by atoms with Gasteiger partial charge in [-0.2, -0.15) is 15.2 Å². The van der Waals surface area contributed by atoms with Crippen molar-refractivity contribution in [1.29, 1.82) is 0 Å². The largest absolute Gasteiger partial charge is 0.363 e. The summed E-state index contributed by atoms with van der Waals surface area (Å²) >= 11 is 0. The van der Waals surface area contributed by atoms with Crippen LogP contribution >= 0.6 is 0 Å². The van der Waals surface area contributed by atoms with Crippen LogP contribution in [0.5, 0.6) is 0 Å². The van der Waals surface area contributed by atoms with E-state index < -0.39 is 5.69 Å². The monoisotopic (exact) mass is 257 g/mol. The Bertz CT molecular complexity index is 630. The number of hydrogen-bond acceptors (Lipinski definition) is 5. The molecule has 0 atom stereocenters. The number of hydrazone groups is 1. The molecule has 0 spiro atoms. The van der Waals surface area contributed by atoms with Gasteiger partial charge in [-0.15, -0.1) is 0 Å². The van der Waals surface area contributed by atoms with Gasteiger partial charge in [0.2, 0.25) is 0 Å². The SMILES string of the molecule is CCc1ccc(C=NNc2nc(=O)[nH]nc2C)cc1. The summed E-state index contributed by atoms with van der Waals surface area (Å²) in [6.45, 7) is 3.84. The van der Waals surface area contributed by atoms with Crippen LogP contribution in [-0.4, -0.2) is 21.4 Å². The molecule has 6 heteroatoms. The highest BCUT2D eigenvalue weighted by Crippen LogP contribution is 2.05. The molecular weight excluding hydrogens is 242 g/mol. The Morgan fingerprint density at radius 2 is 2.11 bits per heavy atom. The zero-order chi connectivity index (χ0) is 13.7. The Morgan fingerprint density at radius 3 is 2.79 bits per heavy atom. The van der Waals surface area contributed by atoms with Crippen molar-refractivity contribution < 1.29 is 0 Å². The smallest absolute Gasteiger partial charge is 0.260 e. The minimum absolute atomic E-state index is 0.352. The van der Waals surface area contributed by atoms with Crippen molar-refractivity contribution in [3.63, 3.8) is 0 Å². The third-order valence-electron chi connectivity index (χ3n) is 2.65. The van der Waals surface area contributed by atoms with E-state index in [-0.39, 0.29) is 0 Å². The van der Waals surface area contributed by atoms with Crippen LogP contribution in [0.1, 0.15) is 23.7 Å². The summed E-state index contributed by atoms with van der Waals surface area (Å²) in [7, 11) is 0. The summed E-state index contributed by atoms with van der Waals surface area (Å²) in [6.07, 6.45) is 2.68. The lowest BCUT2D eigenvalue weighted by Gasteiger charge is -2.01. The van der Waals surface area contributed by atoms with E-state index in [1.165, 1.54) is 5.56 Å². The number of nitrogens with one attached hydrogen (secondary N) is 2. The van der Waals surface area contributed by atoms with Crippen molar-refractivity contribution in [2.45, 2.75) is 20.3 Å². The predicted octanol–water partition coefficient (Wildman–Crippen LogP) is 1.48. The molecule has 0 aliphatic carbocycles. The first-order valence-electron chi connectivity index (χ1n) is 6.00. The maximum Gasteiger partial charge on any atom is 0.363 e. The van der Waals surface area contributed by atoms with Gasteiger partial charge in [0.1, 0.15) is 5.69 Å². The number of aromatic amines is 1. The second-order valence-corrected chi connectivity index (χ2v) is 4.04. The van der Waals surface area contributed by atoms with Crippen LogP contribution in [0.15, 0.2) is 34.2 Å². The summed E-state index contributed by atoms with van der Waals surface area (Å²) in [5, 5.41) is 10.1. The van der Waals surface area contributed by atoms with Gasteiger partial charge in [0, 0.05) is 0 Å². The fraction of sp³-hybridized carbons (Fsp3) is 0.231. The van der Waals surface area contributed by atoms with Crippen LogP contribution in [0.4, 0.5) is 5.82 Å². The number of rotatable bonds is 4. The van der Waals surface area contributed by atoms with E-state index in [1.54, 1.807) is 13.1 Å². The van der Waals surface area contributed by atoms with Crippen molar-refractivity contribution in [1.82, 2.24) is 15.2 Å². The van der Waals surface area contributed by atoms with Gasteiger partial charge in [-0.25, -0.2) is 9.89 Å². The van der Waals surface area contributed by atoms with Gasteiger partial charge < -0.3 is 0 Å². The number of benzene rings is 1. The van der Waals surface area contributed by atoms with Crippen molar-refractivity contribution in [3.05, 3.63) is 51.6 Å². The number of hydrogen-bond donors (Lipinski definition) is 2. The number of H-pyrrole nitrogens is 1. The van der Waals surface area contributed by atoms with Gasteiger partial charge in [-0.1, -0.05) is 31.2 Å². The van der Waals surface area contributed by atoms with Crippen molar-refractivity contribution in [3.8, 4) is 0 Å². The Morgan fingerprint density at radius 1 is 1.37 bits per heavy atom. The molecule has 19 heavy (non-hydrogen) atoms. The Hall–Kier alpha value is -2.50. The van der Waals surface area contributed by atoms with Crippen LogP contribution in [-0.2, 0) is 6.42 Å². The molecule has 98 valence electrons. The quantitative estimate of drug-likeness (QED) is 0.642. The van der Waals surface area contributed by atoms with Gasteiger partial charge in [-0.3, -0.25) is 5.43 Å². The van der Waals surface area contributed by atoms with Crippen molar-refractivity contribution >= 4 is 12.0 Å². The van der Waals surface area contributed by atoms with Crippen LogP contribution < -0.4 is 11.1 Å². The van der Waals surface area contributed by atoms with E-state index in [0.717, 1.165) is 12.0 Å². The molecule has 1 aromatic heterocycles. The van der Waals surface area contributed by atoms with E-state index >= 15 is 0 Å². The van der Waals surface area contributed by atoms with Crippen molar-refractivity contribution in [2.24, 2.45) is 5.10 Å². The highest BCUT2D eigenvalue weighted by Gasteiger charge is 1.99. The highest BCUT2D eigenvalue weighted by atomic mass is 16.1. The maximum atomic E-state index is 11.0. The van der Waals surface area contributed by atoms with Gasteiger partial charge in [0.05, 0.1) is 6.21 Å². The summed E-state index contributed by atoms with van der Waals surface area (Å²) in [5.74, 6) is 0.352. The molecule has 1 heterocycles. The second-order valence-electron chi connectivity index (χ2n) is 4.04. The van der Waals surface area contributed by atoms with Gasteiger partial charge in [-0.05, 0) is 24.5 Å². The summed E-state index contributed by atoms with van der Waals surface area (Å²) < 4.78 is 0. The molecule has 2 aromatic rings. The first kappa shape index (κ1) is 12.9. The Balaban J connectivity index is 2.06. The molecule has 0 aliphatic rings. The lowest BCUT2D eigenvalue weighted by molar-refractivity contribution is 0.879. The maximum absolute atomic E-state index is 11.0. The third kappa shape index (κ3) is 3.48. The minimum Gasteiger partial charge on any atom is -0.260 e. The molecule has 0 fully saturated rings. The molecule has 1 aromatic carbocycles. The lowest BCUT2D eigenvalue weighted by Crippen LogP contribution is -2.15. The number of aromatic nitrogens is 3. The van der Waals surface area contributed by atoms with E-state index in [4.69, 9.17) is 0 Å². The molecule has 0 saturated carbocycles. The summed E-state index contributed by atoms with van der Waals surface area (Å²) in [5.41, 5.74) is 5.04. The van der Waals surface area contributed by atoms with Crippen LogP contribution in [0.2, 0.25) is 0 Å². The molecule has 0 aliphatic heterocycles. The van der Waals surface area contributed by atoms with E-state index in [2.05, 4.69) is 44.8 Å². The van der Waals surface area contributed by atoms with E-state index in [9.17, 15) is 4.79 Å². The first-order valence-corrected chi connectivity index (χ1v) is 6.00. The van der Waals surface area contributed by atoms with Gasteiger partial charge >= 0.3 is 5.69 Å². The molecule has 2 N–H and O–H groups in total. The molecule has 0 amide bonds. The topological polar surface area (TPSA) is 83.0 Å². The predicted molar refractivity (Wildman–Crippen MR) is 74.4 cm³/mol. The first-order chi connectivity index (χ1) is 9.19. The second kappa shape index (κ2) is 5.90. The van der Waals surface area contributed by atoms with E-state index in [1.807, 2.05) is 12.1 Å². The number of aryl methyl sites for hydroxylation is 2. The fourth-order valence-electron chi connectivity index (χ4n) is 1.51. The summed E-state index contributed by atoms with van der Waals surface area (Å²) in [6, 6.07) is 8.08. The Labute approximate surface area is 110 Å². The van der Waals surface area contributed by atoms with Crippen LogP contribution in [0, 0.1) is 6.92 Å². The average Bonchev–Trinajstić information content (AvgIpc) is 2.43. The normalized spacial score (nSPS) is 10.8. The molecule has 0 bridgehead atoms. The number of nitrogens with zero attached hydrogens (tertiary/aromatic N) is 3. The van der Waals surface area contributed by atoms with Crippen LogP contribution in [0.25, 0.3) is 0 Å². The van der Waals surface area contributed by atoms with Gasteiger partial charge in [0.15, 0.2) is 5.82 Å². The molecule has 0 radical (unpaired) electrons. The number of anilines is 1. The molecular formula is C13H15N5O. The molecule has 6 nitrogen and oxygen atoms in total. The van der Waals surface area contributed by atoms with Crippen LogP contribution in [0.3, 0.4) is 0 Å². The van der Waals surface area contributed by atoms with Crippen molar-refractivity contribution in [2.75, 3.05) is 5.43 Å². The van der Waals surface area contributed by atoms with Gasteiger partial charge in [0.25, 0.3) is 0 Å². The molecule has 0 unspecified atom stereocenters. The Kier molecular flexibility index (Phi) is 4.02. The fourth-order valence-corrected chi connectivity index (χ4v) is 1.51. The molecule has 0 saturated heterocycles.